The largest absolute Gasteiger partial charge is 0.368 e. The van der Waals surface area contributed by atoms with Gasteiger partial charge in [0.25, 0.3) is 5.56 Å². The Bertz CT molecular complexity index is 1210. The first-order valence-electron chi connectivity index (χ1n) is 10.6. The van der Waals surface area contributed by atoms with Gasteiger partial charge in [0.05, 0.1) is 6.61 Å². The highest BCUT2D eigenvalue weighted by Crippen LogP contribution is 2.22. The third kappa shape index (κ3) is 6.30. The fourth-order valence-electron chi connectivity index (χ4n) is 3.50. The number of carbonyl (C=O) groups is 1. The maximum absolute atomic E-state index is 12.9. The lowest BCUT2D eigenvalue weighted by atomic mass is 9.98. The molecule has 2 aromatic carbocycles. The van der Waals surface area contributed by atoms with E-state index in [1.165, 1.54) is 26.5 Å². The Hall–Kier alpha value is -3.92. The van der Waals surface area contributed by atoms with Gasteiger partial charge in [0.15, 0.2) is 5.82 Å². The third-order valence-corrected chi connectivity index (χ3v) is 5.18. The number of nitrogens with one attached hydrogen (secondary N) is 4. The molecule has 10 nitrogen and oxygen atoms in total. The van der Waals surface area contributed by atoms with Gasteiger partial charge in [-0.3, -0.25) is 24.4 Å². The fourth-order valence-corrected chi connectivity index (χ4v) is 3.50. The van der Waals surface area contributed by atoms with E-state index in [1.54, 1.807) is 13.1 Å². The van der Waals surface area contributed by atoms with Crippen LogP contribution in [0.2, 0.25) is 0 Å². The monoisotopic (exact) mass is 451 g/mol. The van der Waals surface area contributed by atoms with Gasteiger partial charge in [-0.05, 0) is 42.2 Å². The summed E-state index contributed by atoms with van der Waals surface area (Å²) in [6, 6.07) is 12.5. The Kier molecular flexibility index (Phi) is 7.98. The van der Waals surface area contributed by atoms with Crippen molar-refractivity contribution in [3.05, 3.63) is 69.8 Å². The molecule has 0 fully saturated rings. The second-order valence-electron chi connectivity index (χ2n) is 7.62. The van der Waals surface area contributed by atoms with Gasteiger partial charge >= 0.3 is 0 Å². The molecule has 1 amide bonds. The Labute approximate surface area is 191 Å². The summed E-state index contributed by atoms with van der Waals surface area (Å²) in [7, 11) is 0. The number of nitrogens with two attached hydrogens (primary N) is 1. The molecule has 0 saturated heterocycles. The number of nitrogens with zero attached hydrogens (tertiary/aromatic N) is 2. The van der Waals surface area contributed by atoms with Crippen molar-refractivity contribution in [3.63, 3.8) is 0 Å². The van der Waals surface area contributed by atoms with Gasteiger partial charge < -0.3 is 16.4 Å². The van der Waals surface area contributed by atoms with E-state index in [4.69, 9.17) is 16.0 Å². The van der Waals surface area contributed by atoms with Crippen molar-refractivity contribution in [2.45, 2.75) is 26.8 Å². The number of rotatable bonds is 10. The summed E-state index contributed by atoms with van der Waals surface area (Å²) in [6.07, 6.45) is 2.29. The first-order valence-corrected chi connectivity index (χ1v) is 10.6. The molecule has 0 aliphatic heterocycles. The predicted octanol–water partition coefficient (Wildman–Crippen LogP) is 1.20. The number of carbonyl (C=O) groups excluding carboxylic acids is 1. The van der Waals surface area contributed by atoms with Gasteiger partial charge in [-0.1, -0.05) is 36.4 Å². The van der Waals surface area contributed by atoms with Crippen molar-refractivity contribution in [3.8, 4) is 0 Å². The molecule has 0 atom stereocenters. The fraction of sp³-hybridized carbons (Fsp3) is 0.304. The van der Waals surface area contributed by atoms with Crippen LogP contribution in [0.5, 0.6) is 0 Å². The highest BCUT2D eigenvalue weighted by atomic mass is 16.6. The van der Waals surface area contributed by atoms with E-state index in [9.17, 15) is 9.59 Å². The summed E-state index contributed by atoms with van der Waals surface area (Å²) in [5.41, 5.74) is 9.92. The highest BCUT2D eigenvalue weighted by molar-refractivity contribution is 5.88. The molecular weight excluding hydrogens is 422 g/mol. The highest BCUT2D eigenvalue weighted by Gasteiger charge is 2.12. The molecule has 33 heavy (non-hydrogen) atoms. The number of amides is 1. The molecule has 0 aliphatic rings. The summed E-state index contributed by atoms with van der Waals surface area (Å²) in [4.78, 5) is 34.2. The minimum absolute atomic E-state index is 0.121. The molecule has 3 rings (SSSR count). The van der Waals surface area contributed by atoms with Crippen molar-refractivity contribution in [2.24, 2.45) is 5.73 Å². The van der Waals surface area contributed by atoms with Crippen LogP contribution in [0, 0.1) is 19.3 Å². The van der Waals surface area contributed by atoms with E-state index in [-0.39, 0.29) is 42.9 Å². The SMILES string of the molecule is Cc1ccc(CCNc2ncc(C)n(CC(=O)NCCONC(=N)N)c2=O)c2ccccc12. The number of hydrogen-bond acceptors (Lipinski definition) is 6. The molecule has 10 heteroatoms. The average molecular weight is 452 g/mol. The minimum Gasteiger partial charge on any atom is -0.368 e. The third-order valence-electron chi connectivity index (χ3n) is 5.18. The quantitative estimate of drug-likeness (QED) is 0.135. The Morgan fingerprint density at radius 3 is 2.67 bits per heavy atom. The van der Waals surface area contributed by atoms with Crippen LogP contribution in [0.3, 0.4) is 0 Å². The molecule has 0 saturated carbocycles. The van der Waals surface area contributed by atoms with Gasteiger partial charge in [0.1, 0.15) is 6.54 Å². The summed E-state index contributed by atoms with van der Waals surface area (Å²) < 4.78 is 1.38. The van der Waals surface area contributed by atoms with Crippen LogP contribution in [0.25, 0.3) is 10.8 Å². The van der Waals surface area contributed by atoms with Gasteiger partial charge in [-0.2, -0.15) is 0 Å². The number of anilines is 1. The summed E-state index contributed by atoms with van der Waals surface area (Å²) in [6.45, 7) is 4.54. The molecular formula is C23H29N7O3. The first-order chi connectivity index (χ1) is 15.9. The Morgan fingerprint density at radius 1 is 1.15 bits per heavy atom. The van der Waals surface area contributed by atoms with Crippen molar-refractivity contribution in [1.29, 1.82) is 5.41 Å². The number of benzene rings is 2. The van der Waals surface area contributed by atoms with Gasteiger partial charge in [0, 0.05) is 25.0 Å². The topological polar surface area (TPSA) is 147 Å². The normalized spacial score (nSPS) is 10.7. The van der Waals surface area contributed by atoms with Crippen LogP contribution in [0.4, 0.5) is 5.82 Å². The van der Waals surface area contributed by atoms with Crippen LogP contribution in [-0.2, 0) is 22.6 Å². The standard InChI is InChI=1S/C23H29N7O3/c1-15-7-8-17(19-6-4-3-5-18(15)19)9-10-27-21-22(32)30(16(2)13-28-21)14-20(31)26-11-12-33-29-23(24)25/h3-8,13H,9-12,14H2,1-2H3,(H,26,31)(H,27,28)(H4,24,25,29). The Morgan fingerprint density at radius 2 is 1.91 bits per heavy atom. The smallest absolute Gasteiger partial charge is 0.293 e. The average Bonchev–Trinajstić information content (AvgIpc) is 2.79. The number of fused-ring (bicyclic) bond motifs is 1. The van der Waals surface area contributed by atoms with Crippen LogP contribution in [0.15, 0.2) is 47.4 Å². The lowest BCUT2D eigenvalue weighted by Crippen LogP contribution is -2.37. The zero-order valence-corrected chi connectivity index (χ0v) is 18.8. The van der Waals surface area contributed by atoms with E-state index in [2.05, 4.69) is 52.3 Å². The molecule has 6 N–H and O–H groups in total. The molecule has 1 heterocycles. The molecule has 3 aromatic rings. The van der Waals surface area contributed by atoms with Crippen molar-refractivity contribution in [2.75, 3.05) is 25.0 Å². The molecule has 0 aliphatic carbocycles. The summed E-state index contributed by atoms with van der Waals surface area (Å²) >= 11 is 0. The van der Waals surface area contributed by atoms with Crippen molar-refractivity contribution < 1.29 is 9.63 Å². The number of aromatic nitrogens is 2. The number of hydrogen-bond donors (Lipinski definition) is 5. The molecule has 0 unspecified atom stereocenters. The molecule has 0 bridgehead atoms. The lowest BCUT2D eigenvalue weighted by molar-refractivity contribution is -0.122. The number of guanidine groups is 1. The zero-order chi connectivity index (χ0) is 23.8. The van der Waals surface area contributed by atoms with Crippen molar-refractivity contribution in [1.82, 2.24) is 20.3 Å². The van der Waals surface area contributed by atoms with E-state index >= 15 is 0 Å². The van der Waals surface area contributed by atoms with Crippen LogP contribution < -0.4 is 27.4 Å². The van der Waals surface area contributed by atoms with Crippen LogP contribution in [-0.4, -0.2) is 41.1 Å². The van der Waals surface area contributed by atoms with Gasteiger partial charge in [0.2, 0.25) is 11.9 Å². The molecule has 174 valence electrons. The summed E-state index contributed by atoms with van der Waals surface area (Å²) in [5.74, 6) is -0.454. The van der Waals surface area contributed by atoms with Crippen molar-refractivity contribution >= 4 is 28.5 Å². The maximum atomic E-state index is 12.9. The van der Waals surface area contributed by atoms with Crippen LogP contribution in [0.1, 0.15) is 16.8 Å². The number of aryl methyl sites for hydroxylation is 2. The molecule has 1 aromatic heterocycles. The second-order valence-corrected chi connectivity index (χ2v) is 7.62. The lowest BCUT2D eigenvalue weighted by Gasteiger charge is -2.13. The second kappa shape index (κ2) is 11.1. The zero-order valence-electron chi connectivity index (χ0n) is 18.8. The first kappa shape index (κ1) is 23.7. The predicted molar refractivity (Wildman–Crippen MR) is 128 cm³/mol. The maximum Gasteiger partial charge on any atom is 0.293 e. The number of hydroxylamine groups is 1. The van der Waals surface area contributed by atoms with E-state index in [1.807, 2.05) is 12.1 Å². The van der Waals surface area contributed by atoms with E-state index in [0.717, 1.165) is 6.42 Å². The summed E-state index contributed by atoms with van der Waals surface area (Å²) in [5, 5.41) is 15.2. The van der Waals surface area contributed by atoms with E-state index < -0.39 is 0 Å². The molecule has 0 spiro atoms. The molecule has 0 radical (unpaired) electrons. The van der Waals surface area contributed by atoms with E-state index in [0.29, 0.717) is 12.2 Å². The minimum atomic E-state index is -0.353. The van der Waals surface area contributed by atoms with Gasteiger partial charge in [-0.25, -0.2) is 10.5 Å². The van der Waals surface area contributed by atoms with Crippen LogP contribution >= 0.6 is 0 Å². The Balaban J connectivity index is 1.60. The van der Waals surface area contributed by atoms with Gasteiger partial charge in [-0.15, -0.1) is 0 Å².